The third-order valence-corrected chi connectivity index (χ3v) is 4.70. The number of carbonyl (C=O) groups is 1. The zero-order valence-corrected chi connectivity index (χ0v) is 14.5. The Bertz CT molecular complexity index is 747. The molecule has 0 unspecified atom stereocenters. The molecular weight excluding hydrogens is 322 g/mol. The minimum atomic E-state index is -0.186. The maximum atomic E-state index is 12.6. The highest BCUT2D eigenvalue weighted by Gasteiger charge is 2.22. The Morgan fingerprint density at radius 2 is 2.08 bits per heavy atom. The van der Waals surface area contributed by atoms with Crippen LogP contribution < -0.4 is 16.0 Å². The molecule has 24 heavy (non-hydrogen) atoms. The molecule has 1 amide bonds. The van der Waals surface area contributed by atoms with Crippen molar-refractivity contribution in [1.82, 2.24) is 0 Å². The van der Waals surface area contributed by atoms with E-state index in [1.165, 1.54) is 6.42 Å². The van der Waals surface area contributed by atoms with Gasteiger partial charge in [-0.2, -0.15) is 0 Å². The zero-order chi connectivity index (χ0) is 17.1. The van der Waals surface area contributed by atoms with Crippen molar-refractivity contribution in [3.63, 3.8) is 0 Å². The highest BCUT2D eigenvalue weighted by atomic mass is 35.5. The SMILES string of the molecule is C[C@@H]1CCCCN1c1ccc(N)cc1NC(=O)c1cccc(Cl)c1. The molecule has 1 aliphatic rings. The van der Waals surface area contributed by atoms with Gasteiger partial charge in [-0.25, -0.2) is 0 Å². The molecule has 5 heteroatoms. The van der Waals surface area contributed by atoms with Crippen LogP contribution in [0.3, 0.4) is 0 Å². The minimum Gasteiger partial charge on any atom is -0.399 e. The third-order valence-electron chi connectivity index (χ3n) is 4.47. The van der Waals surface area contributed by atoms with Gasteiger partial charge in [-0.15, -0.1) is 0 Å². The molecule has 0 aliphatic carbocycles. The van der Waals surface area contributed by atoms with Crippen molar-refractivity contribution in [1.29, 1.82) is 0 Å². The summed E-state index contributed by atoms with van der Waals surface area (Å²) in [6, 6.07) is 13.1. The molecule has 3 N–H and O–H groups in total. The molecule has 4 nitrogen and oxygen atoms in total. The Morgan fingerprint density at radius 3 is 2.83 bits per heavy atom. The molecule has 0 saturated carbocycles. The number of anilines is 3. The van der Waals surface area contributed by atoms with Crippen LogP contribution in [0.4, 0.5) is 17.1 Å². The van der Waals surface area contributed by atoms with Gasteiger partial charge in [-0.05, 0) is 62.6 Å². The normalized spacial score (nSPS) is 17.6. The average Bonchev–Trinajstić information content (AvgIpc) is 2.56. The molecular formula is C19H22ClN3O. The van der Waals surface area contributed by atoms with Crippen molar-refractivity contribution in [2.75, 3.05) is 22.5 Å². The number of nitrogen functional groups attached to an aromatic ring is 1. The first-order chi connectivity index (χ1) is 11.5. The van der Waals surface area contributed by atoms with Crippen molar-refractivity contribution in [2.24, 2.45) is 0 Å². The number of piperidine rings is 1. The lowest BCUT2D eigenvalue weighted by molar-refractivity contribution is 0.102. The number of halogens is 1. The summed E-state index contributed by atoms with van der Waals surface area (Å²) in [6.07, 6.45) is 3.57. The lowest BCUT2D eigenvalue weighted by Gasteiger charge is -2.36. The second-order valence-electron chi connectivity index (χ2n) is 6.28. The van der Waals surface area contributed by atoms with Gasteiger partial charge in [0.2, 0.25) is 0 Å². The number of carbonyl (C=O) groups excluding carboxylic acids is 1. The molecule has 126 valence electrons. The van der Waals surface area contributed by atoms with Crippen LogP contribution in [0.15, 0.2) is 42.5 Å². The Labute approximate surface area is 147 Å². The number of hydrogen-bond acceptors (Lipinski definition) is 3. The minimum absolute atomic E-state index is 0.186. The van der Waals surface area contributed by atoms with E-state index in [-0.39, 0.29) is 5.91 Å². The maximum absolute atomic E-state index is 12.6. The van der Waals surface area contributed by atoms with Gasteiger partial charge >= 0.3 is 0 Å². The van der Waals surface area contributed by atoms with Gasteiger partial charge in [-0.3, -0.25) is 4.79 Å². The fourth-order valence-electron chi connectivity index (χ4n) is 3.18. The van der Waals surface area contributed by atoms with E-state index in [2.05, 4.69) is 17.1 Å². The van der Waals surface area contributed by atoms with E-state index in [0.29, 0.717) is 22.3 Å². The van der Waals surface area contributed by atoms with Crippen LogP contribution in [0.2, 0.25) is 5.02 Å². The summed E-state index contributed by atoms with van der Waals surface area (Å²) in [6.45, 7) is 3.21. The summed E-state index contributed by atoms with van der Waals surface area (Å²) >= 11 is 5.98. The van der Waals surface area contributed by atoms with Crippen molar-refractivity contribution in [3.8, 4) is 0 Å². The maximum Gasteiger partial charge on any atom is 0.255 e. The summed E-state index contributed by atoms with van der Waals surface area (Å²) in [7, 11) is 0. The number of benzene rings is 2. The summed E-state index contributed by atoms with van der Waals surface area (Å²) in [5.41, 5.74) is 8.86. The summed E-state index contributed by atoms with van der Waals surface area (Å²) in [5, 5.41) is 3.54. The molecule has 1 heterocycles. The molecule has 3 rings (SSSR count). The average molecular weight is 344 g/mol. The van der Waals surface area contributed by atoms with E-state index in [4.69, 9.17) is 17.3 Å². The number of nitrogens with zero attached hydrogens (tertiary/aromatic N) is 1. The predicted molar refractivity (Wildman–Crippen MR) is 101 cm³/mol. The molecule has 1 atom stereocenters. The fraction of sp³-hybridized carbons (Fsp3) is 0.316. The first-order valence-corrected chi connectivity index (χ1v) is 8.65. The fourth-order valence-corrected chi connectivity index (χ4v) is 3.37. The number of nitrogens with one attached hydrogen (secondary N) is 1. The smallest absolute Gasteiger partial charge is 0.255 e. The topological polar surface area (TPSA) is 58.4 Å². The first kappa shape index (κ1) is 16.7. The molecule has 1 saturated heterocycles. The second kappa shape index (κ2) is 7.14. The number of hydrogen-bond donors (Lipinski definition) is 2. The number of nitrogens with two attached hydrogens (primary N) is 1. The lowest BCUT2D eigenvalue weighted by Crippen LogP contribution is -2.38. The van der Waals surface area contributed by atoms with Crippen molar-refractivity contribution < 1.29 is 4.79 Å². The van der Waals surface area contributed by atoms with Gasteiger partial charge in [0, 0.05) is 28.9 Å². The third kappa shape index (κ3) is 3.65. The molecule has 0 aromatic heterocycles. The van der Waals surface area contributed by atoms with Gasteiger partial charge in [0.15, 0.2) is 0 Å². The molecule has 2 aromatic carbocycles. The molecule has 1 fully saturated rings. The van der Waals surface area contributed by atoms with Crippen LogP contribution >= 0.6 is 11.6 Å². The Kier molecular flexibility index (Phi) is 4.95. The van der Waals surface area contributed by atoms with Gasteiger partial charge in [-0.1, -0.05) is 17.7 Å². The molecule has 2 aromatic rings. The second-order valence-corrected chi connectivity index (χ2v) is 6.72. The summed E-state index contributed by atoms with van der Waals surface area (Å²) < 4.78 is 0. The van der Waals surface area contributed by atoms with E-state index >= 15 is 0 Å². The quantitative estimate of drug-likeness (QED) is 0.803. The number of rotatable bonds is 3. The highest BCUT2D eigenvalue weighted by Crippen LogP contribution is 2.33. The van der Waals surface area contributed by atoms with Gasteiger partial charge in [0.05, 0.1) is 11.4 Å². The van der Waals surface area contributed by atoms with Crippen LogP contribution in [-0.4, -0.2) is 18.5 Å². The van der Waals surface area contributed by atoms with E-state index < -0.39 is 0 Å². The van der Waals surface area contributed by atoms with E-state index in [1.54, 1.807) is 24.3 Å². The number of amides is 1. The standard InChI is InChI=1S/C19H22ClN3O/c1-13-5-2-3-10-23(13)18-9-8-16(21)12-17(18)22-19(24)14-6-4-7-15(20)11-14/h4,6-9,11-13H,2-3,5,10,21H2,1H3,(H,22,24)/t13-/m1/s1. The van der Waals surface area contributed by atoms with Crippen molar-refractivity contribution >= 4 is 34.6 Å². The van der Waals surface area contributed by atoms with Crippen LogP contribution in [0.5, 0.6) is 0 Å². The Hall–Kier alpha value is -2.20. The Balaban J connectivity index is 1.89. The van der Waals surface area contributed by atoms with Gasteiger partial charge in [0.25, 0.3) is 5.91 Å². The monoisotopic (exact) mass is 343 g/mol. The van der Waals surface area contributed by atoms with Crippen LogP contribution in [0.25, 0.3) is 0 Å². The van der Waals surface area contributed by atoms with Crippen LogP contribution in [0, 0.1) is 0 Å². The summed E-state index contributed by atoms with van der Waals surface area (Å²) in [4.78, 5) is 14.9. The first-order valence-electron chi connectivity index (χ1n) is 8.27. The van der Waals surface area contributed by atoms with Gasteiger partial charge in [0.1, 0.15) is 0 Å². The predicted octanol–water partition coefficient (Wildman–Crippen LogP) is 4.55. The van der Waals surface area contributed by atoms with E-state index in [0.717, 1.165) is 30.8 Å². The molecule has 1 aliphatic heterocycles. The van der Waals surface area contributed by atoms with E-state index in [9.17, 15) is 4.79 Å². The van der Waals surface area contributed by atoms with E-state index in [1.807, 2.05) is 18.2 Å². The zero-order valence-electron chi connectivity index (χ0n) is 13.8. The van der Waals surface area contributed by atoms with Crippen LogP contribution in [0.1, 0.15) is 36.5 Å². The molecule has 0 spiro atoms. The highest BCUT2D eigenvalue weighted by molar-refractivity contribution is 6.31. The lowest BCUT2D eigenvalue weighted by atomic mass is 10.0. The van der Waals surface area contributed by atoms with Gasteiger partial charge < -0.3 is 16.0 Å². The van der Waals surface area contributed by atoms with Crippen molar-refractivity contribution in [2.45, 2.75) is 32.2 Å². The van der Waals surface area contributed by atoms with Crippen molar-refractivity contribution in [3.05, 3.63) is 53.1 Å². The largest absolute Gasteiger partial charge is 0.399 e. The Morgan fingerprint density at radius 1 is 1.25 bits per heavy atom. The molecule has 0 radical (unpaired) electrons. The molecule has 0 bridgehead atoms. The summed E-state index contributed by atoms with van der Waals surface area (Å²) in [5.74, 6) is -0.186. The van der Waals surface area contributed by atoms with Crippen LogP contribution in [-0.2, 0) is 0 Å².